The topological polar surface area (TPSA) is 40.0 Å². The highest BCUT2D eigenvalue weighted by molar-refractivity contribution is 6.33. The van der Waals surface area contributed by atoms with Gasteiger partial charge >= 0.3 is 0 Å². The van der Waals surface area contributed by atoms with Gasteiger partial charge in [-0.1, -0.05) is 23.7 Å². The molecule has 0 saturated heterocycles. The van der Waals surface area contributed by atoms with Crippen molar-refractivity contribution < 1.29 is 14.2 Å². The van der Waals surface area contributed by atoms with E-state index in [9.17, 15) is 0 Å². The number of hydrogen-bond acceptors (Lipinski definition) is 4. The van der Waals surface area contributed by atoms with Crippen molar-refractivity contribution >= 4 is 23.5 Å². The molecular formula is C15H12ClNO3. The van der Waals surface area contributed by atoms with E-state index in [1.54, 1.807) is 25.5 Å². The predicted molar refractivity (Wildman–Crippen MR) is 77.8 cm³/mol. The average molecular weight is 290 g/mol. The minimum Gasteiger partial charge on any atom is -0.496 e. The Labute approximate surface area is 121 Å². The highest BCUT2D eigenvalue weighted by Gasteiger charge is 2.16. The van der Waals surface area contributed by atoms with Crippen molar-refractivity contribution in [2.45, 2.75) is 0 Å². The van der Waals surface area contributed by atoms with Gasteiger partial charge in [0.1, 0.15) is 5.75 Å². The molecule has 2 aromatic carbocycles. The molecule has 1 aliphatic rings. The molecule has 4 nitrogen and oxygen atoms in total. The second-order valence-electron chi connectivity index (χ2n) is 4.16. The Kier molecular flexibility index (Phi) is 3.48. The van der Waals surface area contributed by atoms with Crippen LogP contribution in [0.1, 0.15) is 5.56 Å². The molecule has 0 atom stereocenters. The molecule has 1 heterocycles. The highest BCUT2D eigenvalue weighted by atomic mass is 35.5. The van der Waals surface area contributed by atoms with Crippen LogP contribution < -0.4 is 14.2 Å². The van der Waals surface area contributed by atoms with Crippen LogP contribution in [0.2, 0.25) is 5.02 Å². The number of rotatable bonds is 3. The van der Waals surface area contributed by atoms with Gasteiger partial charge in [0.15, 0.2) is 11.5 Å². The number of aliphatic imine (C=N–C) groups is 1. The summed E-state index contributed by atoms with van der Waals surface area (Å²) < 4.78 is 16.0. The Morgan fingerprint density at radius 1 is 1.20 bits per heavy atom. The Morgan fingerprint density at radius 3 is 2.70 bits per heavy atom. The molecule has 0 saturated carbocycles. The molecule has 2 aromatic rings. The zero-order valence-corrected chi connectivity index (χ0v) is 11.6. The van der Waals surface area contributed by atoms with Crippen molar-refractivity contribution in [3.63, 3.8) is 0 Å². The maximum absolute atomic E-state index is 6.07. The van der Waals surface area contributed by atoms with Crippen LogP contribution >= 0.6 is 11.6 Å². The van der Waals surface area contributed by atoms with Crippen molar-refractivity contribution in [1.29, 1.82) is 0 Å². The first-order valence-corrected chi connectivity index (χ1v) is 6.42. The highest BCUT2D eigenvalue weighted by Crippen LogP contribution is 2.37. The van der Waals surface area contributed by atoms with E-state index in [2.05, 4.69) is 4.99 Å². The molecule has 0 fully saturated rings. The van der Waals surface area contributed by atoms with Crippen LogP contribution in [-0.4, -0.2) is 20.1 Å². The number of fused-ring (bicyclic) bond motifs is 1. The predicted octanol–water partition coefficient (Wildman–Crippen LogP) is 3.83. The van der Waals surface area contributed by atoms with Gasteiger partial charge in [-0.3, -0.25) is 4.99 Å². The van der Waals surface area contributed by atoms with E-state index in [0.717, 1.165) is 5.56 Å². The third-order valence-electron chi connectivity index (χ3n) is 2.92. The minimum absolute atomic E-state index is 0.226. The lowest BCUT2D eigenvalue weighted by Gasteiger charge is -2.06. The molecule has 102 valence electrons. The van der Waals surface area contributed by atoms with Gasteiger partial charge in [-0.15, -0.1) is 0 Å². The summed E-state index contributed by atoms with van der Waals surface area (Å²) in [4.78, 5) is 4.38. The van der Waals surface area contributed by atoms with E-state index in [-0.39, 0.29) is 6.79 Å². The fraction of sp³-hybridized carbons (Fsp3) is 0.133. The number of hydrogen-bond donors (Lipinski definition) is 0. The normalized spacial score (nSPS) is 12.9. The molecule has 0 amide bonds. The third kappa shape index (κ3) is 2.42. The van der Waals surface area contributed by atoms with E-state index in [4.69, 9.17) is 25.8 Å². The standard InChI is InChI=1S/C15H12ClNO3/c1-18-13-7-15-14(19-9-20-15)6-10(13)8-17-12-5-3-2-4-11(12)16/h2-8H,9H2,1H3. The summed E-state index contributed by atoms with van der Waals surface area (Å²) in [6.07, 6.45) is 1.70. The molecule has 0 unspecified atom stereocenters. The molecule has 0 radical (unpaired) electrons. The number of nitrogens with zero attached hydrogens (tertiary/aromatic N) is 1. The van der Waals surface area contributed by atoms with Gasteiger partial charge in [0.2, 0.25) is 6.79 Å². The van der Waals surface area contributed by atoms with Crippen molar-refractivity contribution in [1.82, 2.24) is 0 Å². The first kappa shape index (κ1) is 12.8. The van der Waals surface area contributed by atoms with Gasteiger partial charge in [-0.2, -0.15) is 0 Å². The first-order chi connectivity index (χ1) is 9.78. The van der Waals surface area contributed by atoms with E-state index < -0.39 is 0 Å². The minimum atomic E-state index is 0.226. The molecular weight excluding hydrogens is 278 g/mol. The quantitative estimate of drug-likeness (QED) is 0.806. The number of para-hydroxylation sites is 1. The SMILES string of the molecule is COc1cc2c(cc1C=Nc1ccccc1Cl)OCO2. The molecule has 0 bridgehead atoms. The fourth-order valence-corrected chi connectivity index (χ4v) is 2.10. The zero-order valence-electron chi connectivity index (χ0n) is 10.8. The van der Waals surface area contributed by atoms with Crippen molar-refractivity contribution in [2.75, 3.05) is 13.9 Å². The van der Waals surface area contributed by atoms with E-state index >= 15 is 0 Å². The monoisotopic (exact) mass is 289 g/mol. The van der Waals surface area contributed by atoms with Crippen LogP contribution in [0.15, 0.2) is 41.4 Å². The molecule has 5 heteroatoms. The maximum Gasteiger partial charge on any atom is 0.231 e. The van der Waals surface area contributed by atoms with Crippen molar-refractivity contribution in [3.8, 4) is 17.2 Å². The summed E-state index contributed by atoms with van der Waals surface area (Å²) in [7, 11) is 1.60. The number of benzene rings is 2. The second-order valence-corrected chi connectivity index (χ2v) is 4.56. The van der Waals surface area contributed by atoms with Crippen LogP contribution in [-0.2, 0) is 0 Å². The summed E-state index contributed by atoms with van der Waals surface area (Å²) in [6, 6.07) is 11.0. The van der Waals surface area contributed by atoms with Gasteiger partial charge in [0, 0.05) is 17.8 Å². The van der Waals surface area contributed by atoms with Crippen molar-refractivity contribution in [2.24, 2.45) is 4.99 Å². The van der Waals surface area contributed by atoms with Gasteiger partial charge in [0.05, 0.1) is 17.8 Å². The smallest absolute Gasteiger partial charge is 0.231 e. The molecule has 3 rings (SSSR count). The molecule has 0 aromatic heterocycles. The lowest BCUT2D eigenvalue weighted by molar-refractivity contribution is 0.174. The fourth-order valence-electron chi connectivity index (χ4n) is 1.91. The first-order valence-electron chi connectivity index (χ1n) is 6.04. The van der Waals surface area contributed by atoms with E-state index in [1.165, 1.54) is 0 Å². The zero-order chi connectivity index (χ0) is 13.9. The third-order valence-corrected chi connectivity index (χ3v) is 3.24. The van der Waals surface area contributed by atoms with Crippen LogP contribution in [0.25, 0.3) is 0 Å². The Bertz CT molecular complexity index is 670. The lowest BCUT2D eigenvalue weighted by atomic mass is 10.2. The number of ether oxygens (including phenoxy) is 3. The van der Waals surface area contributed by atoms with Gasteiger partial charge in [0.25, 0.3) is 0 Å². The van der Waals surface area contributed by atoms with Gasteiger partial charge < -0.3 is 14.2 Å². The average Bonchev–Trinajstić information content (AvgIpc) is 2.92. The van der Waals surface area contributed by atoms with Crippen LogP contribution in [0.3, 0.4) is 0 Å². The number of halogens is 1. The summed E-state index contributed by atoms with van der Waals surface area (Å²) >= 11 is 6.07. The van der Waals surface area contributed by atoms with E-state index in [1.807, 2.05) is 24.3 Å². The summed E-state index contributed by atoms with van der Waals surface area (Å²) in [5.41, 5.74) is 1.51. The Hall–Kier alpha value is -2.20. The summed E-state index contributed by atoms with van der Waals surface area (Å²) in [5, 5.41) is 0.600. The molecule has 0 N–H and O–H groups in total. The molecule has 20 heavy (non-hydrogen) atoms. The molecule has 0 aliphatic carbocycles. The van der Waals surface area contributed by atoms with Gasteiger partial charge in [-0.05, 0) is 18.2 Å². The summed E-state index contributed by atoms with van der Waals surface area (Å²) in [6.45, 7) is 0.226. The lowest BCUT2D eigenvalue weighted by Crippen LogP contribution is -1.92. The Morgan fingerprint density at radius 2 is 1.95 bits per heavy atom. The van der Waals surface area contributed by atoms with E-state index in [0.29, 0.717) is 28.0 Å². The summed E-state index contributed by atoms with van der Waals surface area (Å²) in [5.74, 6) is 2.04. The Balaban J connectivity index is 1.96. The maximum atomic E-state index is 6.07. The van der Waals surface area contributed by atoms with Crippen LogP contribution in [0, 0.1) is 0 Å². The second kappa shape index (κ2) is 5.43. The largest absolute Gasteiger partial charge is 0.496 e. The van der Waals surface area contributed by atoms with Gasteiger partial charge in [-0.25, -0.2) is 0 Å². The van der Waals surface area contributed by atoms with Crippen molar-refractivity contribution in [3.05, 3.63) is 47.0 Å². The number of methoxy groups -OCH3 is 1. The van der Waals surface area contributed by atoms with Crippen LogP contribution in [0.5, 0.6) is 17.2 Å². The molecule has 1 aliphatic heterocycles. The van der Waals surface area contributed by atoms with Crippen LogP contribution in [0.4, 0.5) is 5.69 Å². The molecule has 0 spiro atoms.